The highest BCUT2D eigenvalue weighted by Crippen LogP contribution is 2.36. The lowest BCUT2D eigenvalue weighted by Crippen LogP contribution is -2.21. The Balaban J connectivity index is 0.000000203. The fraction of sp³-hybridized carbons (Fsp3) is 0.529. The molecule has 2 aromatic rings. The highest BCUT2D eigenvalue weighted by Gasteiger charge is 2.17. The number of aromatic nitrogens is 2. The topological polar surface area (TPSA) is 81.3 Å². The van der Waals surface area contributed by atoms with Crippen molar-refractivity contribution in [1.82, 2.24) is 9.97 Å². The summed E-state index contributed by atoms with van der Waals surface area (Å²) in [6.07, 6.45) is 8.07. The Morgan fingerprint density at radius 1 is 1.29 bits per heavy atom. The molecule has 1 fully saturated rings. The van der Waals surface area contributed by atoms with Crippen molar-refractivity contribution >= 4 is 28.8 Å². The van der Waals surface area contributed by atoms with E-state index in [1.54, 1.807) is 23.6 Å². The molecule has 0 saturated carbocycles. The van der Waals surface area contributed by atoms with Gasteiger partial charge in [-0.3, -0.25) is 0 Å². The van der Waals surface area contributed by atoms with Gasteiger partial charge >= 0.3 is 0 Å². The number of aryl methyl sites for hydroxylation is 2. The molecule has 5 nitrogen and oxygen atoms in total. The van der Waals surface area contributed by atoms with E-state index in [1.165, 1.54) is 23.4 Å². The van der Waals surface area contributed by atoms with E-state index >= 15 is 0 Å². The zero-order valence-corrected chi connectivity index (χ0v) is 15.1. The molecule has 1 unspecified atom stereocenters. The van der Waals surface area contributed by atoms with Crippen molar-refractivity contribution in [2.24, 2.45) is 0 Å². The van der Waals surface area contributed by atoms with Crippen molar-refractivity contribution in [3.63, 3.8) is 0 Å². The van der Waals surface area contributed by atoms with Gasteiger partial charge in [-0.1, -0.05) is 11.6 Å². The van der Waals surface area contributed by atoms with Crippen LogP contribution in [0.25, 0.3) is 10.6 Å². The molecular weight excluding hydrogens is 346 g/mol. The summed E-state index contributed by atoms with van der Waals surface area (Å²) in [6, 6.07) is 1.80. The Labute approximate surface area is 150 Å². The molecule has 2 aromatic heterocycles. The van der Waals surface area contributed by atoms with Crippen molar-refractivity contribution in [3.05, 3.63) is 27.9 Å². The van der Waals surface area contributed by atoms with E-state index in [9.17, 15) is 0 Å². The number of rotatable bonds is 1. The molecule has 0 aromatic carbocycles. The number of aliphatic hydroxyl groups excluding tert-OH is 1. The van der Waals surface area contributed by atoms with Crippen LogP contribution in [0.15, 0.2) is 12.3 Å². The molecule has 1 aliphatic heterocycles. The maximum atomic E-state index is 8.78. The fourth-order valence-electron chi connectivity index (χ4n) is 2.81. The molecule has 0 bridgehead atoms. The normalized spacial score (nSPS) is 20.0. The first-order valence-corrected chi connectivity index (χ1v) is 9.48. The van der Waals surface area contributed by atoms with Crippen LogP contribution in [0.2, 0.25) is 5.02 Å². The van der Waals surface area contributed by atoms with E-state index in [0.717, 1.165) is 42.9 Å². The maximum absolute atomic E-state index is 8.78. The van der Waals surface area contributed by atoms with E-state index in [-0.39, 0.29) is 6.10 Å². The van der Waals surface area contributed by atoms with Gasteiger partial charge in [0.15, 0.2) is 0 Å². The van der Waals surface area contributed by atoms with Gasteiger partial charge in [-0.05, 0) is 44.6 Å². The van der Waals surface area contributed by atoms with Crippen molar-refractivity contribution < 1.29 is 9.84 Å². The average molecular weight is 368 g/mol. The van der Waals surface area contributed by atoms with Gasteiger partial charge in [0.1, 0.15) is 10.8 Å². The molecule has 3 N–H and O–H groups in total. The Kier molecular flexibility index (Phi) is 6.05. The molecule has 24 heavy (non-hydrogen) atoms. The second kappa shape index (κ2) is 8.25. The third kappa shape index (κ3) is 4.45. The largest absolute Gasteiger partial charge is 0.391 e. The second-order valence-electron chi connectivity index (χ2n) is 6.06. The molecule has 1 aliphatic carbocycles. The average Bonchev–Trinajstić information content (AvgIpc) is 3.02. The standard InChI is InChI=1S/C12H12ClN3S.C5H10O2/c13-8-6-15-11(14)5-7(8)12-16-9-3-1-2-4-10(9)17-12;6-5-2-1-3-7-4-5/h5-6H,1-4H2,(H2,14,15);5-6H,1-4H2. The Morgan fingerprint density at radius 3 is 2.79 bits per heavy atom. The van der Waals surface area contributed by atoms with Crippen LogP contribution in [-0.2, 0) is 17.6 Å². The minimum Gasteiger partial charge on any atom is -0.391 e. The summed E-state index contributed by atoms with van der Waals surface area (Å²) in [4.78, 5) is 10.0. The summed E-state index contributed by atoms with van der Waals surface area (Å²) in [7, 11) is 0. The number of aliphatic hydroxyl groups is 1. The molecule has 1 saturated heterocycles. The summed E-state index contributed by atoms with van der Waals surface area (Å²) in [6.45, 7) is 1.37. The summed E-state index contributed by atoms with van der Waals surface area (Å²) < 4.78 is 4.93. The summed E-state index contributed by atoms with van der Waals surface area (Å²) in [5, 5.41) is 10.4. The number of halogens is 1. The van der Waals surface area contributed by atoms with E-state index in [2.05, 4.69) is 9.97 Å². The number of nitrogens with zero attached hydrogens (tertiary/aromatic N) is 2. The van der Waals surface area contributed by atoms with Crippen molar-refractivity contribution in [3.8, 4) is 10.6 Å². The predicted molar refractivity (Wildman–Crippen MR) is 97.5 cm³/mol. The molecular formula is C17H22ClN3O2S. The van der Waals surface area contributed by atoms with Gasteiger partial charge in [0.2, 0.25) is 0 Å². The number of ether oxygens (including phenoxy) is 1. The number of nitrogens with two attached hydrogens (primary N) is 1. The van der Waals surface area contributed by atoms with Crippen LogP contribution in [0, 0.1) is 0 Å². The number of nitrogen functional groups attached to an aromatic ring is 1. The van der Waals surface area contributed by atoms with Crippen LogP contribution in [0.1, 0.15) is 36.3 Å². The summed E-state index contributed by atoms with van der Waals surface area (Å²) in [5.41, 5.74) is 7.83. The zero-order valence-electron chi connectivity index (χ0n) is 13.5. The Bertz CT molecular complexity index is 663. The monoisotopic (exact) mass is 367 g/mol. The van der Waals surface area contributed by atoms with E-state index in [4.69, 9.17) is 27.2 Å². The SMILES string of the molecule is Nc1cc(-c2nc3c(s2)CCCC3)c(Cl)cn1.OC1CCCOC1. The molecule has 0 radical (unpaired) electrons. The number of fused-ring (bicyclic) bond motifs is 1. The quantitative estimate of drug-likeness (QED) is 0.806. The van der Waals surface area contributed by atoms with Gasteiger partial charge in [-0.25, -0.2) is 9.97 Å². The van der Waals surface area contributed by atoms with Gasteiger partial charge in [0, 0.05) is 23.2 Å². The minimum absolute atomic E-state index is 0.186. The predicted octanol–water partition coefficient (Wildman–Crippen LogP) is 3.48. The molecule has 7 heteroatoms. The molecule has 130 valence electrons. The highest BCUT2D eigenvalue weighted by molar-refractivity contribution is 7.15. The van der Waals surface area contributed by atoms with Crippen LogP contribution in [-0.4, -0.2) is 34.4 Å². The van der Waals surface area contributed by atoms with E-state index in [1.807, 2.05) is 0 Å². The molecule has 0 amide bonds. The smallest absolute Gasteiger partial charge is 0.125 e. The fourth-order valence-corrected chi connectivity index (χ4v) is 4.24. The number of hydrogen-bond acceptors (Lipinski definition) is 6. The van der Waals surface area contributed by atoms with E-state index < -0.39 is 0 Å². The zero-order chi connectivity index (χ0) is 16.9. The van der Waals surface area contributed by atoms with Gasteiger partial charge in [0.25, 0.3) is 0 Å². The maximum Gasteiger partial charge on any atom is 0.125 e. The summed E-state index contributed by atoms with van der Waals surface area (Å²) >= 11 is 7.88. The lowest BCUT2D eigenvalue weighted by Gasteiger charge is -2.15. The van der Waals surface area contributed by atoms with Crippen LogP contribution in [0.5, 0.6) is 0 Å². The van der Waals surface area contributed by atoms with Crippen LogP contribution >= 0.6 is 22.9 Å². The second-order valence-corrected chi connectivity index (χ2v) is 7.55. The van der Waals surface area contributed by atoms with Crippen LogP contribution < -0.4 is 5.73 Å². The van der Waals surface area contributed by atoms with E-state index in [0.29, 0.717) is 17.4 Å². The first-order chi connectivity index (χ1) is 11.6. The van der Waals surface area contributed by atoms with Crippen molar-refractivity contribution in [2.45, 2.75) is 44.6 Å². The molecule has 3 heterocycles. The minimum atomic E-state index is -0.186. The summed E-state index contributed by atoms with van der Waals surface area (Å²) in [5.74, 6) is 0.484. The highest BCUT2D eigenvalue weighted by atomic mass is 35.5. The number of thiazole rings is 1. The van der Waals surface area contributed by atoms with Crippen LogP contribution in [0.4, 0.5) is 5.82 Å². The van der Waals surface area contributed by atoms with Crippen LogP contribution in [0.3, 0.4) is 0 Å². The first kappa shape index (κ1) is 17.6. The molecule has 0 spiro atoms. The van der Waals surface area contributed by atoms with Gasteiger partial charge < -0.3 is 15.6 Å². The number of hydrogen-bond donors (Lipinski definition) is 2. The van der Waals surface area contributed by atoms with Gasteiger partial charge in [0.05, 0.1) is 23.4 Å². The van der Waals surface area contributed by atoms with Gasteiger partial charge in [-0.2, -0.15) is 0 Å². The molecule has 4 rings (SSSR count). The molecule has 1 atom stereocenters. The third-order valence-electron chi connectivity index (χ3n) is 4.09. The first-order valence-electron chi connectivity index (χ1n) is 8.29. The van der Waals surface area contributed by atoms with Crippen molar-refractivity contribution in [1.29, 1.82) is 0 Å². The number of anilines is 1. The number of pyridine rings is 1. The Hall–Kier alpha value is -1.21. The molecule has 2 aliphatic rings. The lowest BCUT2D eigenvalue weighted by molar-refractivity contribution is -0.00535. The Morgan fingerprint density at radius 2 is 2.12 bits per heavy atom. The third-order valence-corrected chi connectivity index (χ3v) is 5.58. The lowest BCUT2D eigenvalue weighted by atomic mass is 10.0. The van der Waals surface area contributed by atoms with Crippen molar-refractivity contribution in [2.75, 3.05) is 18.9 Å². The van der Waals surface area contributed by atoms with Gasteiger partial charge in [-0.15, -0.1) is 11.3 Å².